The van der Waals surface area contributed by atoms with Crippen molar-refractivity contribution < 1.29 is 17.8 Å². The van der Waals surface area contributed by atoms with E-state index in [1.165, 1.54) is 0 Å². The van der Waals surface area contributed by atoms with E-state index in [0.717, 1.165) is 43.8 Å². The average Bonchev–Trinajstić information content (AvgIpc) is 3.26. The van der Waals surface area contributed by atoms with Crippen LogP contribution in [0.4, 0.5) is 0 Å². The van der Waals surface area contributed by atoms with Crippen LogP contribution in [0.15, 0.2) is 182 Å². The minimum Gasteiger partial charge on any atom is -0.0622 e. The van der Waals surface area contributed by atoms with E-state index >= 15 is 0 Å². The number of benzene rings is 9. The van der Waals surface area contributed by atoms with Crippen LogP contribution in [-0.2, 0) is 0 Å². The molecule has 0 aliphatic rings. The zero-order chi connectivity index (χ0) is 41.8. The Morgan fingerprint density at radius 1 is 0.304 bits per heavy atom. The monoisotopic (exact) mass is 595 g/mol. The van der Waals surface area contributed by atoms with Crippen molar-refractivity contribution in [2.45, 2.75) is 0 Å². The summed E-state index contributed by atoms with van der Waals surface area (Å²) in [5, 5.41) is 3.34. The van der Waals surface area contributed by atoms with Gasteiger partial charge in [-0.15, -0.1) is 0 Å². The molecule has 0 N–H and O–H groups in total. The molecule has 46 heavy (non-hydrogen) atoms. The first-order valence-corrected chi connectivity index (χ1v) is 14.9. The van der Waals surface area contributed by atoms with Crippen LogP contribution in [0.2, 0.25) is 0 Å². The van der Waals surface area contributed by atoms with Gasteiger partial charge in [0.05, 0.1) is 17.8 Å². The third-order valence-corrected chi connectivity index (χ3v) is 8.55. The quantitative estimate of drug-likeness (QED) is 0.178. The lowest BCUT2D eigenvalue weighted by atomic mass is 9.85. The average molecular weight is 596 g/mol. The summed E-state index contributed by atoms with van der Waals surface area (Å²) in [6.45, 7) is 0. The molecule has 0 spiro atoms. The van der Waals surface area contributed by atoms with E-state index in [0.29, 0.717) is 5.56 Å². The lowest BCUT2D eigenvalue weighted by Gasteiger charge is -2.18. The molecule has 0 aromatic heterocycles. The zero-order valence-electron chi connectivity index (χ0n) is 37.3. The molecule has 9 rings (SSSR count). The van der Waals surface area contributed by atoms with Gasteiger partial charge in [-0.2, -0.15) is 0 Å². The molecule has 9 aromatic carbocycles. The normalized spacial score (nSPS) is 15.4. The van der Waals surface area contributed by atoms with E-state index in [1.54, 1.807) is 12.1 Å². The second-order valence-corrected chi connectivity index (χ2v) is 11.1. The Hall–Kier alpha value is -5.98. The summed E-state index contributed by atoms with van der Waals surface area (Å²) in [6.07, 6.45) is 0. The minimum atomic E-state index is -0.710. The topological polar surface area (TPSA) is 0 Å². The van der Waals surface area contributed by atoms with Crippen molar-refractivity contribution in [3.8, 4) is 44.5 Å². The molecular weight excluding hydrogens is 553 g/mol. The molecule has 0 atom stereocenters. The van der Waals surface area contributed by atoms with Crippen molar-refractivity contribution in [1.29, 1.82) is 0 Å². The van der Waals surface area contributed by atoms with E-state index in [-0.39, 0.29) is 32.7 Å². The Bertz CT molecular complexity index is 3200. The van der Waals surface area contributed by atoms with Gasteiger partial charge in [0.25, 0.3) is 0 Å². The van der Waals surface area contributed by atoms with Gasteiger partial charge < -0.3 is 0 Å². The van der Waals surface area contributed by atoms with Gasteiger partial charge in [0.2, 0.25) is 0 Å². The number of hydrogen-bond donors (Lipinski definition) is 0. The fourth-order valence-corrected chi connectivity index (χ4v) is 6.56. The maximum absolute atomic E-state index is 9.33. The summed E-state index contributed by atoms with van der Waals surface area (Å²) in [7, 11) is 0. The molecule has 0 amide bonds. The largest absolute Gasteiger partial charge is 0.0629 e. The Balaban J connectivity index is 1.45. The molecule has 0 aliphatic carbocycles. The Kier molecular flexibility index (Phi) is 3.87. The van der Waals surface area contributed by atoms with Crippen molar-refractivity contribution in [2.75, 3.05) is 0 Å². The summed E-state index contributed by atoms with van der Waals surface area (Å²) >= 11 is 0. The second kappa shape index (κ2) is 10.9. The van der Waals surface area contributed by atoms with Gasteiger partial charge in [0.15, 0.2) is 0 Å². The lowest BCUT2D eigenvalue weighted by molar-refractivity contribution is 1.62. The van der Waals surface area contributed by atoms with E-state index in [9.17, 15) is 5.48 Å². The molecule has 0 aliphatic heterocycles. The zero-order valence-corrected chi connectivity index (χ0v) is 24.3. The van der Waals surface area contributed by atoms with E-state index < -0.39 is 84.1 Å². The first-order chi connectivity index (χ1) is 28.2. The molecule has 214 valence electrons. The summed E-state index contributed by atoms with van der Waals surface area (Å²) in [5.41, 5.74) is 3.26. The van der Waals surface area contributed by atoms with Gasteiger partial charge in [-0.05, 0) is 106 Å². The second-order valence-electron chi connectivity index (χ2n) is 11.1. The molecule has 0 saturated heterocycles. The van der Waals surface area contributed by atoms with Crippen LogP contribution in [-0.4, -0.2) is 0 Å². The van der Waals surface area contributed by atoms with Crippen LogP contribution in [0.3, 0.4) is 0 Å². The molecule has 0 bridgehead atoms. The van der Waals surface area contributed by atoms with Crippen molar-refractivity contribution in [3.63, 3.8) is 0 Å². The number of rotatable bonds is 4. The maximum atomic E-state index is 9.33. The van der Waals surface area contributed by atoms with Gasteiger partial charge in [0, 0.05) is 0 Å². The Morgan fingerprint density at radius 2 is 0.826 bits per heavy atom. The van der Waals surface area contributed by atoms with Gasteiger partial charge >= 0.3 is 0 Å². The Labute approximate surface area is 287 Å². The predicted molar refractivity (Wildman–Crippen MR) is 198 cm³/mol. The molecule has 0 heterocycles. The van der Waals surface area contributed by atoms with Crippen LogP contribution in [0, 0.1) is 0 Å². The molecule has 9 aromatic rings. The fraction of sp³-hybridized carbons (Fsp3) is 0. The lowest BCUT2D eigenvalue weighted by Crippen LogP contribution is -1.91. The van der Waals surface area contributed by atoms with E-state index in [4.69, 9.17) is 12.3 Å². The van der Waals surface area contributed by atoms with Crippen LogP contribution >= 0.6 is 0 Å². The molecule has 0 nitrogen and oxygen atoms in total. The smallest absolute Gasteiger partial charge is 0.0622 e. The summed E-state index contributed by atoms with van der Waals surface area (Å²) in [5.74, 6) is 0. The van der Waals surface area contributed by atoms with Crippen LogP contribution < -0.4 is 0 Å². The van der Waals surface area contributed by atoms with Gasteiger partial charge in [-0.3, -0.25) is 0 Å². The van der Waals surface area contributed by atoms with E-state index in [1.807, 2.05) is 54.6 Å². The van der Waals surface area contributed by atoms with Gasteiger partial charge in [-0.25, -0.2) is 0 Å². The third kappa shape index (κ3) is 4.30. The maximum Gasteiger partial charge on any atom is 0.0629 e. The van der Waals surface area contributed by atoms with Crippen LogP contribution in [0.1, 0.15) is 17.8 Å². The first kappa shape index (κ1) is 16.4. The highest BCUT2D eigenvalue weighted by Gasteiger charge is 2.17. The van der Waals surface area contributed by atoms with Crippen LogP contribution in [0.5, 0.6) is 0 Å². The molecular formula is C46H30. The SMILES string of the molecule is [2H]c1c([2H])c([2H])c(-c2c3c([2H])c([2H])c([2H])c([2H])c3c(-c3cccc(-c4cc(-c5cccc6ccccc56)cc5ccccc45)c3)c3c([2H])c([2H])c([2H])c([2H])c23)c([2H])c1[2H]. The number of hydrogen-bond acceptors (Lipinski definition) is 0. The van der Waals surface area contributed by atoms with Crippen molar-refractivity contribution >= 4 is 43.1 Å². The third-order valence-electron chi connectivity index (χ3n) is 8.55. The summed E-state index contributed by atoms with van der Waals surface area (Å²) in [6, 6.07) is 25.4. The van der Waals surface area contributed by atoms with E-state index in [2.05, 4.69) is 36.4 Å². The molecule has 0 radical (unpaired) electrons. The highest BCUT2D eigenvalue weighted by atomic mass is 14.2. The van der Waals surface area contributed by atoms with Crippen molar-refractivity contribution in [1.82, 2.24) is 0 Å². The number of fused-ring (bicyclic) bond motifs is 4. The fourth-order valence-electron chi connectivity index (χ4n) is 6.56. The highest BCUT2D eigenvalue weighted by Crippen LogP contribution is 2.45. The molecule has 0 fully saturated rings. The molecule has 0 unspecified atom stereocenters. The molecule has 0 saturated carbocycles. The predicted octanol–water partition coefficient (Wildman–Crippen LogP) is 13.0. The molecule has 0 heteroatoms. The highest BCUT2D eigenvalue weighted by molar-refractivity contribution is 6.21. The van der Waals surface area contributed by atoms with Crippen molar-refractivity contribution in [3.05, 3.63) is 182 Å². The van der Waals surface area contributed by atoms with Gasteiger partial charge in [0.1, 0.15) is 0 Å². The summed E-state index contributed by atoms with van der Waals surface area (Å²) in [4.78, 5) is 0. The first-order valence-electron chi connectivity index (χ1n) is 21.4. The standard InChI is InChI=1S/C46H30/c1-2-15-32(16-3-1)45-40-23-8-10-25-42(40)46(43-26-11-9-24-41(43)45)35-20-12-19-34(28-35)44-30-36(29-33-17-5-7-22-38(33)44)39-27-13-18-31-14-4-6-21-37(31)39/h1-30H/i1D,2D,3D,8D,9D,10D,11D,15D,16D,23D,24D,25D,26D. The minimum absolute atomic E-state index is 0.0847. The van der Waals surface area contributed by atoms with Crippen molar-refractivity contribution in [2.24, 2.45) is 0 Å². The Morgan fingerprint density at radius 3 is 1.52 bits per heavy atom. The van der Waals surface area contributed by atoms with Gasteiger partial charge in [-0.1, -0.05) is 163 Å². The summed E-state index contributed by atoms with van der Waals surface area (Å²) < 4.78 is 115. The van der Waals surface area contributed by atoms with Crippen LogP contribution in [0.25, 0.3) is 87.6 Å².